The van der Waals surface area contributed by atoms with E-state index >= 15 is 0 Å². The lowest BCUT2D eigenvalue weighted by Gasteiger charge is -2.53. The van der Waals surface area contributed by atoms with Crippen molar-refractivity contribution >= 4 is 11.6 Å². The molecular formula is C18H16F3NO3. The van der Waals surface area contributed by atoms with E-state index in [-0.39, 0.29) is 5.69 Å². The van der Waals surface area contributed by atoms with Crippen LogP contribution in [0, 0.1) is 0 Å². The molecule has 2 aromatic rings. The Labute approximate surface area is 142 Å². The summed E-state index contributed by atoms with van der Waals surface area (Å²) < 4.78 is 45.7. The molecule has 4 nitrogen and oxygen atoms in total. The number of β-lactam (4-membered cyclic amide) rings is 1. The van der Waals surface area contributed by atoms with Crippen molar-refractivity contribution in [1.29, 1.82) is 0 Å². The number of rotatable bonds is 4. The zero-order valence-electron chi connectivity index (χ0n) is 13.3. The number of amides is 1. The fraction of sp³-hybridized carbons (Fsp3) is 0.278. The number of aliphatic hydroxyl groups is 1. The van der Waals surface area contributed by atoms with Crippen molar-refractivity contribution in [3.8, 4) is 5.75 Å². The molecular weight excluding hydrogens is 335 g/mol. The van der Waals surface area contributed by atoms with Crippen LogP contribution in [0.25, 0.3) is 0 Å². The maximum atomic E-state index is 13.6. The Morgan fingerprint density at radius 3 is 2.24 bits per heavy atom. The van der Waals surface area contributed by atoms with Crippen molar-refractivity contribution in [3.63, 3.8) is 0 Å². The van der Waals surface area contributed by atoms with Gasteiger partial charge in [0.05, 0.1) is 7.11 Å². The molecule has 1 aliphatic rings. The van der Waals surface area contributed by atoms with Crippen LogP contribution in [-0.4, -0.2) is 35.9 Å². The minimum Gasteiger partial charge on any atom is -0.497 e. The molecule has 1 N–H and O–H groups in total. The molecule has 1 amide bonds. The molecule has 1 aliphatic heterocycles. The first-order valence-corrected chi connectivity index (χ1v) is 7.58. The quantitative estimate of drug-likeness (QED) is 0.862. The van der Waals surface area contributed by atoms with Gasteiger partial charge < -0.3 is 9.84 Å². The summed E-state index contributed by atoms with van der Waals surface area (Å²) >= 11 is 0. The van der Waals surface area contributed by atoms with E-state index in [9.17, 15) is 23.1 Å². The van der Waals surface area contributed by atoms with Gasteiger partial charge in [0.1, 0.15) is 5.75 Å². The Kier molecular flexibility index (Phi) is 4.20. The van der Waals surface area contributed by atoms with E-state index in [1.807, 2.05) is 0 Å². The number of halogens is 3. The first-order valence-electron chi connectivity index (χ1n) is 7.58. The average molecular weight is 351 g/mol. The molecule has 0 bridgehead atoms. The van der Waals surface area contributed by atoms with Gasteiger partial charge in [-0.2, -0.15) is 13.2 Å². The molecule has 2 atom stereocenters. The van der Waals surface area contributed by atoms with E-state index < -0.39 is 30.1 Å². The van der Waals surface area contributed by atoms with Gasteiger partial charge in [-0.1, -0.05) is 30.3 Å². The third kappa shape index (κ3) is 2.95. The van der Waals surface area contributed by atoms with E-state index in [2.05, 4.69) is 0 Å². The molecule has 1 heterocycles. The minimum atomic E-state index is -4.77. The molecule has 0 unspecified atom stereocenters. The van der Waals surface area contributed by atoms with E-state index in [1.165, 1.54) is 31.4 Å². The molecule has 3 rings (SSSR count). The van der Waals surface area contributed by atoms with Crippen LogP contribution >= 0.6 is 0 Å². The van der Waals surface area contributed by atoms with Crippen LogP contribution in [-0.2, 0) is 11.2 Å². The number of methoxy groups -OCH3 is 1. The Hall–Kier alpha value is -2.54. The van der Waals surface area contributed by atoms with Crippen LogP contribution in [0.1, 0.15) is 5.56 Å². The highest BCUT2D eigenvalue weighted by atomic mass is 19.4. The molecule has 1 fully saturated rings. The van der Waals surface area contributed by atoms with Gasteiger partial charge in [0.25, 0.3) is 5.91 Å². The predicted octanol–water partition coefficient (Wildman–Crippen LogP) is 2.95. The number of hydrogen-bond donors (Lipinski definition) is 1. The fourth-order valence-corrected chi connectivity index (χ4v) is 3.10. The summed E-state index contributed by atoms with van der Waals surface area (Å²) in [7, 11) is 1.43. The number of nitrogens with zero attached hydrogens (tertiary/aromatic N) is 1. The Morgan fingerprint density at radius 1 is 1.12 bits per heavy atom. The van der Waals surface area contributed by atoms with Crippen molar-refractivity contribution < 1.29 is 27.8 Å². The van der Waals surface area contributed by atoms with Gasteiger partial charge in [-0.05, 0) is 29.8 Å². The van der Waals surface area contributed by atoms with Crippen molar-refractivity contribution in [2.24, 2.45) is 0 Å². The van der Waals surface area contributed by atoms with Crippen LogP contribution in [0.3, 0.4) is 0 Å². The monoisotopic (exact) mass is 351 g/mol. The first kappa shape index (κ1) is 17.3. The summed E-state index contributed by atoms with van der Waals surface area (Å²) in [4.78, 5) is 13.0. The summed E-state index contributed by atoms with van der Waals surface area (Å²) in [6.07, 6.45) is -5.17. The number of anilines is 1. The number of ether oxygens (including phenoxy) is 1. The molecule has 0 radical (unpaired) electrons. The van der Waals surface area contributed by atoms with Gasteiger partial charge in [0.2, 0.25) is 0 Å². The second-order valence-corrected chi connectivity index (χ2v) is 5.90. The summed E-state index contributed by atoms with van der Waals surface area (Å²) in [5.74, 6) is -0.510. The largest absolute Gasteiger partial charge is 0.497 e. The van der Waals surface area contributed by atoms with Gasteiger partial charge in [0.15, 0.2) is 11.6 Å². The lowest BCUT2D eigenvalue weighted by Crippen LogP contribution is -2.79. The van der Waals surface area contributed by atoms with Crippen LogP contribution in [0.2, 0.25) is 0 Å². The molecule has 1 saturated heterocycles. The third-order valence-electron chi connectivity index (χ3n) is 4.28. The molecule has 0 aromatic heterocycles. The number of alkyl halides is 3. The normalized spacial score (nSPS) is 23.3. The number of hydrogen-bond acceptors (Lipinski definition) is 3. The number of carbonyl (C=O) groups is 1. The first-order chi connectivity index (χ1) is 11.8. The topological polar surface area (TPSA) is 49.8 Å². The maximum Gasteiger partial charge on any atom is 0.412 e. The van der Waals surface area contributed by atoms with Crippen molar-refractivity contribution in [2.45, 2.75) is 24.2 Å². The van der Waals surface area contributed by atoms with Crippen molar-refractivity contribution in [1.82, 2.24) is 0 Å². The van der Waals surface area contributed by atoms with E-state index in [1.54, 1.807) is 30.3 Å². The highest BCUT2D eigenvalue weighted by Gasteiger charge is 2.70. The smallest absolute Gasteiger partial charge is 0.412 e. The summed E-state index contributed by atoms with van der Waals surface area (Å²) in [6, 6.07) is 11.5. The van der Waals surface area contributed by atoms with Crippen LogP contribution < -0.4 is 9.64 Å². The minimum absolute atomic E-state index is 0.0610. The molecule has 0 saturated carbocycles. The highest BCUT2D eigenvalue weighted by Crippen LogP contribution is 2.46. The number of carbonyl (C=O) groups excluding carboxylic acids is 1. The zero-order valence-corrected chi connectivity index (χ0v) is 13.3. The van der Waals surface area contributed by atoms with Crippen LogP contribution in [0.15, 0.2) is 54.6 Å². The Bertz CT molecular complexity index is 761. The summed E-state index contributed by atoms with van der Waals surface area (Å²) in [6.45, 7) is 0. The van der Waals surface area contributed by atoms with Crippen LogP contribution in [0.4, 0.5) is 18.9 Å². The second-order valence-electron chi connectivity index (χ2n) is 5.90. The molecule has 25 heavy (non-hydrogen) atoms. The van der Waals surface area contributed by atoms with Gasteiger partial charge in [-0.25, -0.2) is 0 Å². The number of benzene rings is 2. The van der Waals surface area contributed by atoms with Gasteiger partial charge in [0, 0.05) is 12.1 Å². The van der Waals surface area contributed by atoms with Gasteiger partial charge in [-0.15, -0.1) is 0 Å². The molecule has 2 aromatic carbocycles. The van der Waals surface area contributed by atoms with E-state index in [4.69, 9.17) is 4.74 Å². The predicted molar refractivity (Wildman–Crippen MR) is 85.4 cm³/mol. The standard InChI is InChI=1S/C18H16F3NO3/c1-25-14-9-7-13(8-10-14)22-15(18(19,20)21)17(24,16(22)23)11-12-5-3-2-4-6-12/h2-10,15,24H,11H2,1H3/t15-,17-/m1/s1. The molecule has 7 heteroatoms. The fourth-order valence-electron chi connectivity index (χ4n) is 3.10. The second kappa shape index (κ2) is 6.07. The average Bonchev–Trinajstić information content (AvgIpc) is 2.59. The van der Waals surface area contributed by atoms with Gasteiger partial charge in [-0.3, -0.25) is 9.69 Å². The van der Waals surface area contributed by atoms with Gasteiger partial charge >= 0.3 is 6.18 Å². The van der Waals surface area contributed by atoms with Crippen molar-refractivity contribution in [2.75, 3.05) is 12.0 Å². The summed E-state index contributed by atoms with van der Waals surface area (Å²) in [5, 5.41) is 10.5. The zero-order chi connectivity index (χ0) is 18.2. The lowest BCUT2D eigenvalue weighted by atomic mass is 9.76. The SMILES string of the molecule is COc1ccc(N2C(=O)[C@@](O)(Cc3ccccc3)[C@@H]2C(F)(F)F)cc1. The van der Waals surface area contributed by atoms with E-state index in [0.717, 1.165) is 0 Å². The summed E-state index contributed by atoms with van der Waals surface area (Å²) in [5.41, 5.74) is -1.99. The molecule has 0 aliphatic carbocycles. The maximum absolute atomic E-state index is 13.6. The Morgan fingerprint density at radius 2 is 1.72 bits per heavy atom. The third-order valence-corrected chi connectivity index (χ3v) is 4.28. The van der Waals surface area contributed by atoms with Crippen molar-refractivity contribution in [3.05, 3.63) is 60.2 Å². The molecule has 132 valence electrons. The highest BCUT2D eigenvalue weighted by molar-refractivity contribution is 6.08. The lowest BCUT2D eigenvalue weighted by molar-refractivity contribution is -0.218. The van der Waals surface area contributed by atoms with Crippen LogP contribution in [0.5, 0.6) is 5.75 Å². The van der Waals surface area contributed by atoms with E-state index in [0.29, 0.717) is 16.2 Å². The Balaban J connectivity index is 1.94. The molecule has 0 spiro atoms.